The first-order valence-electron chi connectivity index (χ1n) is 6.47. The second-order valence-electron chi connectivity index (χ2n) is 4.57. The van der Waals surface area contributed by atoms with Crippen LogP contribution >= 0.6 is 11.6 Å². The third kappa shape index (κ3) is 3.55. The molecule has 1 atom stereocenters. The number of ether oxygens (including phenoxy) is 3. The smallest absolute Gasteiger partial charge is 0.227 e. The van der Waals surface area contributed by atoms with Crippen LogP contribution in [0.2, 0.25) is 5.02 Å². The third-order valence-corrected chi connectivity index (χ3v) is 3.48. The summed E-state index contributed by atoms with van der Waals surface area (Å²) in [5.41, 5.74) is 0.539. The SMILES string of the molecule is COc1cc(NC(=O)CC2CCCO2)c(OC)cc1Cl. The average molecular weight is 300 g/mol. The lowest BCUT2D eigenvalue weighted by molar-refractivity contribution is -0.118. The highest BCUT2D eigenvalue weighted by Gasteiger charge is 2.20. The number of hydrogen-bond donors (Lipinski definition) is 1. The van der Waals surface area contributed by atoms with Gasteiger partial charge in [0, 0.05) is 18.7 Å². The van der Waals surface area contributed by atoms with Crippen LogP contribution in [0.3, 0.4) is 0 Å². The number of benzene rings is 1. The summed E-state index contributed by atoms with van der Waals surface area (Å²) in [6.07, 6.45) is 2.29. The lowest BCUT2D eigenvalue weighted by Crippen LogP contribution is -2.19. The predicted molar refractivity (Wildman–Crippen MR) is 76.8 cm³/mol. The van der Waals surface area contributed by atoms with Crippen LogP contribution in [0.4, 0.5) is 5.69 Å². The summed E-state index contributed by atoms with van der Waals surface area (Å²) < 4.78 is 15.8. The zero-order valence-corrected chi connectivity index (χ0v) is 12.3. The molecule has 1 fully saturated rings. The van der Waals surface area contributed by atoms with Gasteiger partial charge in [0.15, 0.2) is 0 Å². The molecule has 1 saturated heterocycles. The van der Waals surface area contributed by atoms with Crippen molar-refractivity contribution in [1.29, 1.82) is 0 Å². The van der Waals surface area contributed by atoms with Gasteiger partial charge in [0.25, 0.3) is 0 Å². The fourth-order valence-corrected chi connectivity index (χ4v) is 2.40. The Morgan fingerprint density at radius 1 is 1.40 bits per heavy atom. The molecule has 1 aromatic carbocycles. The topological polar surface area (TPSA) is 56.8 Å². The quantitative estimate of drug-likeness (QED) is 0.908. The Morgan fingerprint density at radius 2 is 2.15 bits per heavy atom. The molecule has 0 radical (unpaired) electrons. The van der Waals surface area contributed by atoms with Gasteiger partial charge in [-0.1, -0.05) is 11.6 Å². The Balaban J connectivity index is 2.08. The van der Waals surface area contributed by atoms with Crippen LogP contribution in [0.15, 0.2) is 12.1 Å². The Bertz CT molecular complexity index is 486. The van der Waals surface area contributed by atoms with Crippen molar-refractivity contribution in [2.45, 2.75) is 25.4 Å². The van der Waals surface area contributed by atoms with Crippen molar-refractivity contribution in [2.24, 2.45) is 0 Å². The first-order chi connectivity index (χ1) is 9.63. The van der Waals surface area contributed by atoms with Crippen LogP contribution in [0.1, 0.15) is 19.3 Å². The van der Waals surface area contributed by atoms with Gasteiger partial charge in [0.2, 0.25) is 5.91 Å². The van der Waals surface area contributed by atoms with Gasteiger partial charge in [-0.25, -0.2) is 0 Å². The molecule has 1 aliphatic heterocycles. The van der Waals surface area contributed by atoms with Gasteiger partial charge in [-0.05, 0) is 12.8 Å². The first-order valence-corrected chi connectivity index (χ1v) is 6.84. The van der Waals surface area contributed by atoms with E-state index in [1.165, 1.54) is 14.2 Å². The van der Waals surface area contributed by atoms with E-state index < -0.39 is 0 Å². The van der Waals surface area contributed by atoms with E-state index in [9.17, 15) is 4.79 Å². The number of carbonyl (C=O) groups is 1. The molecule has 1 N–H and O–H groups in total. The standard InChI is InChI=1S/C14H18ClNO4/c1-18-12-8-11(13(19-2)7-10(12)15)16-14(17)6-9-4-3-5-20-9/h7-9H,3-6H2,1-2H3,(H,16,17). The summed E-state index contributed by atoms with van der Waals surface area (Å²) in [6, 6.07) is 3.26. The molecule has 0 spiro atoms. The normalized spacial score (nSPS) is 17.9. The van der Waals surface area contributed by atoms with E-state index in [4.69, 9.17) is 25.8 Å². The van der Waals surface area contributed by atoms with E-state index in [1.807, 2.05) is 0 Å². The summed E-state index contributed by atoms with van der Waals surface area (Å²) in [7, 11) is 3.04. The molecule has 1 heterocycles. The van der Waals surface area contributed by atoms with Crippen LogP contribution in [0.25, 0.3) is 0 Å². The molecular formula is C14H18ClNO4. The van der Waals surface area contributed by atoms with Crippen molar-refractivity contribution >= 4 is 23.2 Å². The maximum atomic E-state index is 12.0. The molecule has 0 aromatic heterocycles. The number of amides is 1. The van der Waals surface area contributed by atoms with Gasteiger partial charge in [-0.2, -0.15) is 0 Å². The summed E-state index contributed by atoms with van der Waals surface area (Å²) in [6.45, 7) is 0.732. The monoisotopic (exact) mass is 299 g/mol. The molecule has 1 aliphatic rings. The minimum Gasteiger partial charge on any atom is -0.495 e. The van der Waals surface area contributed by atoms with Crippen molar-refractivity contribution in [3.05, 3.63) is 17.2 Å². The van der Waals surface area contributed by atoms with Crippen LogP contribution in [0, 0.1) is 0 Å². The van der Waals surface area contributed by atoms with Crippen molar-refractivity contribution in [2.75, 3.05) is 26.1 Å². The predicted octanol–water partition coefficient (Wildman–Crippen LogP) is 2.86. The van der Waals surface area contributed by atoms with E-state index in [2.05, 4.69) is 5.32 Å². The van der Waals surface area contributed by atoms with E-state index >= 15 is 0 Å². The summed E-state index contributed by atoms with van der Waals surface area (Å²) in [5, 5.41) is 3.24. The molecule has 1 unspecified atom stereocenters. The summed E-state index contributed by atoms with van der Waals surface area (Å²) in [4.78, 5) is 12.0. The number of hydrogen-bond acceptors (Lipinski definition) is 4. The zero-order valence-electron chi connectivity index (χ0n) is 11.6. The van der Waals surface area contributed by atoms with Crippen LogP contribution in [-0.2, 0) is 9.53 Å². The van der Waals surface area contributed by atoms with Gasteiger partial charge < -0.3 is 19.5 Å². The highest BCUT2D eigenvalue weighted by molar-refractivity contribution is 6.32. The second-order valence-corrected chi connectivity index (χ2v) is 4.98. The number of halogens is 1. The fourth-order valence-electron chi connectivity index (χ4n) is 2.17. The fraction of sp³-hybridized carbons (Fsp3) is 0.500. The Hall–Kier alpha value is -1.46. The average Bonchev–Trinajstić information content (AvgIpc) is 2.92. The van der Waals surface area contributed by atoms with E-state index in [1.54, 1.807) is 12.1 Å². The van der Waals surface area contributed by atoms with Crippen molar-refractivity contribution < 1.29 is 19.0 Å². The minimum atomic E-state index is -0.112. The highest BCUT2D eigenvalue weighted by Crippen LogP contribution is 2.36. The lowest BCUT2D eigenvalue weighted by atomic mass is 10.1. The Kier molecular flexibility index (Phi) is 5.09. The van der Waals surface area contributed by atoms with Crippen molar-refractivity contribution in [3.8, 4) is 11.5 Å². The van der Waals surface area contributed by atoms with E-state index in [0.717, 1.165) is 19.4 Å². The number of rotatable bonds is 5. The molecule has 1 aromatic rings. The molecule has 0 saturated carbocycles. The van der Waals surface area contributed by atoms with E-state index in [0.29, 0.717) is 28.6 Å². The highest BCUT2D eigenvalue weighted by atomic mass is 35.5. The number of carbonyl (C=O) groups excluding carboxylic acids is 1. The third-order valence-electron chi connectivity index (χ3n) is 3.19. The Morgan fingerprint density at radius 3 is 2.75 bits per heavy atom. The largest absolute Gasteiger partial charge is 0.495 e. The maximum absolute atomic E-state index is 12.0. The first kappa shape index (κ1) is 14.9. The van der Waals surface area contributed by atoms with Gasteiger partial charge in [0.1, 0.15) is 11.5 Å². The number of methoxy groups -OCH3 is 2. The van der Waals surface area contributed by atoms with E-state index in [-0.39, 0.29) is 12.0 Å². The van der Waals surface area contributed by atoms with Gasteiger partial charge in [0.05, 0.1) is 37.5 Å². The van der Waals surface area contributed by atoms with Gasteiger partial charge >= 0.3 is 0 Å². The van der Waals surface area contributed by atoms with Crippen LogP contribution < -0.4 is 14.8 Å². The molecule has 20 heavy (non-hydrogen) atoms. The minimum absolute atomic E-state index is 0.00944. The molecule has 0 aliphatic carbocycles. The molecule has 110 valence electrons. The zero-order chi connectivity index (χ0) is 14.5. The summed E-state index contributed by atoms with van der Waals surface area (Å²) in [5.74, 6) is 0.871. The molecule has 6 heteroatoms. The number of anilines is 1. The van der Waals surface area contributed by atoms with Gasteiger partial charge in [-0.3, -0.25) is 4.79 Å². The van der Waals surface area contributed by atoms with Crippen LogP contribution in [0.5, 0.6) is 11.5 Å². The molecular weight excluding hydrogens is 282 g/mol. The van der Waals surface area contributed by atoms with Crippen LogP contribution in [-0.4, -0.2) is 32.8 Å². The maximum Gasteiger partial charge on any atom is 0.227 e. The van der Waals surface area contributed by atoms with Gasteiger partial charge in [-0.15, -0.1) is 0 Å². The second kappa shape index (κ2) is 6.81. The molecule has 5 nitrogen and oxygen atoms in total. The lowest BCUT2D eigenvalue weighted by Gasteiger charge is -2.14. The summed E-state index contributed by atoms with van der Waals surface area (Å²) >= 11 is 6.02. The molecule has 1 amide bonds. The molecule has 0 bridgehead atoms. The Labute approximate surface area is 123 Å². The van der Waals surface area contributed by atoms with Crippen molar-refractivity contribution in [1.82, 2.24) is 0 Å². The molecule has 2 rings (SSSR count). The number of nitrogens with one attached hydrogen (secondary N) is 1. The van der Waals surface area contributed by atoms with Crippen molar-refractivity contribution in [3.63, 3.8) is 0 Å².